The highest BCUT2D eigenvalue weighted by atomic mass is 35.5. The van der Waals surface area contributed by atoms with Gasteiger partial charge in [-0.15, -0.1) is 12.4 Å². The molecule has 2 N–H and O–H groups in total. The van der Waals surface area contributed by atoms with E-state index in [1.165, 1.54) is 5.56 Å². The molecule has 0 amide bonds. The first kappa shape index (κ1) is 12.5. The number of hydrogen-bond donors (Lipinski definition) is 2. The summed E-state index contributed by atoms with van der Waals surface area (Å²) in [6.07, 6.45) is 1.78. The van der Waals surface area contributed by atoms with E-state index >= 15 is 0 Å². The van der Waals surface area contributed by atoms with Crippen LogP contribution in [-0.2, 0) is 6.54 Å². The van der Waals surface area contributed by atoms with Crippen LogP contribution in [0.15, 0.2) is 24.4 Å². The number of H-pyrrole nitrogens is 1. The van der Waals surface area contributed by atoms with Gasteiger partial charge in [0.2, 0.25) is 0 Å². The van der Waals surface area contributed by atoms with Crippen molar-refractivity contribution in [3.63, 3.8) is 0 Å². The van der Waals surface area contributed by atoms with Crippen molar-refractivity contribution in [1.29, 1.82) is 0 Å². The number of nitrogens with one attached hydrogen (secondary N) is 2. The van der Waals surface area contributed by atoms with Gasteiger partial charge in [0.15, 0.2) is 0 Å². The van der Waals surface area contributed by atoms with Gasteiger partial charge in [-0.25, -0.2) is 4.98 Å². The minimum atomic E-state index is 0. The van der Waals surface area contributed by atoms with Crippen LogP contribution in [0, 0.1) is 13.8 Å². The van der Waals surface area contributed by atoms with Crippen LogP contribution in [0.1, 0.15) is 17.0 Å². The predicted molar refractivity (Wildman–Crippen MR) is 66.9 cm³/mol. The monoisotopic (exact) mass is 238 g/mol. The summed E-state index contributed by atoms with van der Waals surface area (Å²) in [5.74, 6) is 0.887. The van der Waals surface area contributed by atoms with Crippen molar-refractivity contribution in [1.82, 2.24) is 15.2 Å². The Hall–Kier alpha value is -1.55. The van der Waals surface area contributed by atoms with Crippen molar-refractivity contribution in [3.8, 4) is 0 Å². The maximum atomic E-state index is 4.20. The van der Waals surface area contributed by atoms with Crippen molar-refractivity contribution < 1.29 is 0 Å². The Labute approximate surface area is 101 Å². The lowest BCUT2D eigenvalue weighted by Gasteiger charge is -2.04. The molecule has 0 spiro atoms. The summed E-state index contributed by atoms with van der Waals surface area (Å²) in [6, 6.07) is 5.81. The number of nitrogens with zero attached hydrogens (tertiary/aromatic N) is 2. The fraction of sp³-hybridized carbons (Fsp3) is 0.273. The van der Waals surface area contributed by atoms with Gasteiger partial charge in [0, 0.05) is 24.0 Å². The van der Waals surface area contributed by atoms with Gasteiger partial charge in [-0.2, -0.15) is 5.10 Å². The summed E-state index contributed by atoms with van der Waals surface area (Å²) >= 11 is 0. The fourth-order valence-corrected chi connectivity index (χ4v) is 1.48. The summed E-state index contributed by atoms with van der Waals surface area (Å²) in [7, 11) is 0. The summed E-state index contributed by atoms with van der Waals surface area (Å²) in [4.78, 5) is 4.20. The molecule has 0 aliphatic rings. The van der Waals surface area contributed by atoms with Crippen LogP contribution < -0.4 is 5.32 Å². The average molecular weight is 239 g/mol. The number of rotatable bonds is 3. The van der Waals surface area contributed by atoms with E-state index in [1.54, 1.807) is 6.20 Å². The van der Waals surface area contributed by atoms with Crippen LogP contribution >= 0.6 is 12.4 Å². The molecule has 0 aromatic carbocycles. The van der Waals surface area contributed by atoms with Crippen molar-refractivity contribution in [3.05, 3.63) is 41.3 Å². The molecule has 2 rings (SSSR count). The molecule has 0 aliphatic heterocycles. The van der Waals surface area contributed by atoms with Crippen molar-refractivity contribution >= 4 is 18.2 Å². The molecule has 0 saturated carbocycles. The Morgan fingerprint density at radius 2 is 2.12 bits per heavy atom. The third-order valence-corrected chi connectivity index (χ3v) is 2.39. The Kier molecular flexibility index (Phi) is 4.31. The molecule has 0 fully saturated rings. The molecular formula is C11H15ClN4. The SMILES string of the molecule is Cc1n[nH]c(C)c1CNc1ccccn1.Cl. The van der Waals surface area contributed by atoms with E-state index in [2.05, 4.69) is 20.5 Å². The zero-order chi connectivity index (χ0) is 10.7. The van der Waals surface area contributed by atoms with Crippen LogP contribution in [-0.4, -0.2) is 15.2 Å². The number of anilines is 1. The number of halogens is 1. The Balaban J connectivity index is 0.00000128. The molecule has 86 valence electrons. The zero-order valence-corrected chi connectivity index (χ0v) is 10.1. The molecule has 4 nitrogen and oxygen atoms in total. The van der Waals surface area contributed by atoms with Crippen LogP contribution in [0.4, 0.5) is 5.82 Å². The van der Waals surface area contributed by atoms with Gasteiger partial charge in [-0.05, 0) is 26.0 Å². The number of hydrogen-bond acceptors (Lipinski definition) is 3. The Morgan fingerprint density at radius 3 is 2.69 bits per heavy atom. The molecular weight excluding hydrogens is 224 g/mol. The Bertz CT molecular complexity index is 419. The van der Waals surface area contributed by atoms with E-state index in [-0.39, 0.29) is 12.4 Å². The van der Waals surface area contributed by atoms with Gasteiger partial charge in [-0.1, -0.05) is 6.07 Å². The van der Waals surface area contributed by atoms with E-state index in [9.17, 15) is 0 Å². The molecule has 0 atom stereocenters. The molecule has 0 unspecified atom stereocenters. The van der Waals surface area contributed by atoms with Gasteiger partial charge in [-0.3, -0.25) is 5.10 Å². The molecule has 0 bridgehead atoms. The highest BCUT2D eigenvalue weighted by Crippen LogP contribution is 2.11. The summed E-state index contributed by atoms with van der Waals surface area (Å²) in [6.45, 7) is 4.78. The molecule has 16 heavy (non-hydrogen) atoms. The van der Waals surface area contributed by atoms with E-state index in [0.29, 0.717) is 0 Å². The molecule has 0 saturated heterocycles. The van der Waals surface area contributed by atoms with Crippen molar-refractivity contribution in [2.45, 2.75) is 20.4 Å². The lowest BCUT2D eigenvalue weighted by Crippen LogP contribution is -2.02. The number of aromatic amines is 1. The van der Waals surface area contributed by atoms with Gasteiger partial charge in [0.05, 0.1) is 5.69 Å². The minimum Gasteiger partial charge on any atom is -0.366 e. The number of pyridine rings is 1. The summed E-state index contributed by atoms with van der Waals surface area (Å²) in [5, 5.41) is 10.4. The third kappa shape index (κ3) is 2.73. The predicted octanol–water partition coefficient (Wildman–Crippen LogP) is 2.46. The van der Waals surface area contributed by atoms with Gasteiger partial charge in [0.25, 0.3) is 0 Å². The second-order valence-corrected chi connectivity index (χ2v) is 3.48. The molecule has 2 aromatic rings. The van der Waals surface area contributed by atoms with E-state index in [4.69, 9.17) is 0 Å². The molecule has 2 heterocycles. The van der Waals surface area contributed by atoms with Crippen molar-refractivity contribution in [2.24, 2.45) is 0 Å². The smallest absolute Gasteiger partial charge is 0.126 e. The second-order valence-electron chi connectivity index (χ2n) is 3.48. The lowest BCUT2D eigenvalue weighted by molar-refractivity contribution is 1.02. The van der Waals surface area contributed by atoms with Gasteiger partial charge in [0.1, 0.15) is 5.82 Å². The molecule has 2 aromatic heterocycles. The normalized spacial score (nSPS) is 9.62. The van der Waals surface area contributed by atoms with Crippen LogP contribution in [0.3, 0.4) is 0 Å². The molecule has 0 radical (unpaired) electrons. The minimum absolute atomic E-state index is 0. The largest absolute Gasteiger partial charge is 0.366 e. The third-order valence-electron chi connectivity index (χ3n) is 2.39. The van der Waals surface area contributed by atoms with Crippen LogP contribution in [0.25, 0.3) is 0 Å². The first-order valence-corrected chi connectivity index (χ1v) is 4.92. The fourth-order valence-electron chi connectivity index (χ4n) is 1.48. The average Bonchev–Trinajstić information content (AvgIpc) is 2.58. The second kappa shape index (κ2) is 5.51. The van der Waals surface area contributed by atoms with Gasteiger partial charge >= 0.3 is 0 Å². The van der Waals surface area contributed by atoms with Crippen LogP contribution in [0.5, 0.6) is 0 Å². The maximum absolute atomic E-state index is 4.20. The van der Waals surface area contributed by atoms with Crippen LogP contribution in [0.2, 0.25) is 0 Å². The quantitative estimate of drug-likeness (QED) is 0.864. The highest BCUT2D eigenvalue weighted by Gasteiger charge is 2.05. The summed E-state index contributed by atoms with van der Waals surface area (Å²) in [5.41, 5.74) is 3.35. The van der Waals surface area contributed by atoms with Crippen molar-refractivity contribution in [2.75, 3.05) is 5.32 Å². The maximum Gasteiger partial charge on any atom is 0.126 e. The zero-order valence-electron chi connectivity index (χ0n) is 9.32. The number of aromatic nitrogens is 3. The molecule has 0 aliphatic carbocycles. The van der Waals surface area contributed by atoms with E-state index in [0.717, 1.165) is 23.8 Å². The molecule has 5 heteroatoms. The van der Waals surface area contributed by atoms with E-state index in [1.807, 2.05) is 32.0 Å². The number of aryl methyl sites for hydroxylation is 2. The van der Waals surface area contributed by atoms with Gasteiger partial charge < -0.3 is 5.32 Å². The topological polar surface area (TPSA) is 53.6 Å². The first-order valence-electron chi connectivity index (χ1n) is 4.92. The standard InChI is InChI=1S/C11H14N4.ClH/c1-8-10(9(2)15-14-8)7-13-11-5-3-4-6-12-11;/h3-6H,7H2,1-2H3,(H,12,13)(H,14,15);1H. The Morgan fingerprint density at radius 1 is 1.31 bits per heavy atom. The summed E-state index contributed by atoms with van der Waals surface area (Å²) < 4.78 is 0. The van der Waals surface area contributed by atoms with E-state index < -0.39 is 0 Å². The lowest BCUT2D eigenvalue weighted by atomic mass is 10.2. The first-order chi connectivity index (χ1) is 7.27. The highest BCUT2D eigenvalue weighted by molar-refractivity contribution is 5.85.